The Balaban J connectivity index is 1.31. The van der Waals surface area contributed by atoms with Crippen LogP contribution in [0.15, 0.2) is 78.9 Å². The van der Waals surface area contributed by atoms with Crippen LogP contribution in [0, 0.1) is 6.92 Å². The van der Waals surface area contributed by atoms with Crippen molar-refractivity contribution in [3.8, 4) is 5.75 Å². The Morgan fingerprint density at radius 1 is 0.884 bits per heavy atom. The Morgan fingerprint density at radius 3 is 2.16 bits per heavy atom. The fraction of sp³-hybridized carbons (Fsp3) is 0.500. The van der Waals surface area contributed by atoms with E-state index in [1.807, 2.05) is 0 Å². The molecule has 2 aliphatic rings. The van der Waals surface area contributed by atoms with E-state index in [-0.39, 0.29) is 11.1 Å². The minimum absolute atomic E-state index is 0.0758. The van der Waals surface area contributed by atoms with Crippen LogP contribution >= 0.6 is 0 Å². The molecule has 232 valence electrons. The number of nitrogens with zero attached hydrogens (tertiary/aromatic N) is 2. The van der Waals surface area contributed by atoms with Gasteiger partial charge in [0, 0.05) is 59.0 Å². The molecule has 0 spiro atoms. The predicted molar refractivity (Wildman–Crippen MR) is 179 cm³/mol. The summed E-state index contributed by atoms with van der Waals surface area (Å²) in [5.41, 5.74) is 2.51. The third kappa shape index (κ3) is 7.77. The summed E-state index contributed by atoms with van der Waals surface area (Å²) in [6.45, 7) is 18.0. The molecule has 3 aromatic rings. The van der Waals surface area contributed by atoms with Crippen molar-refractivity contribution >= 4 is 18.7 Å². The summed E-state index contributed by atoms with van der Waals surface area (Å²) in [7, 11) is -0.939. The fourth-order valence-electron chi connectivity index (χ4n) is 6.77. The van der Waals surface area contributed by atoms with Crippen molar-refractivity contribution in [2.24, 2.45) is 0 Å². The maximum Gasteiger partial charge on any atom is 0.319 e. The maximum absolute atomic E-state index is 7.44. The predicted octanol–water partition coefficient (Wildman–Crippen LogP) is 4.10. The van der Waals surface area contributed by atoms with Gasteiger partial charge in [-0.1, -0.05) is 93.6 Å². The highest BCUT2D eigenvalue weighted by molar-refractivity contribution is 7.00. The van der Waals surface area contributed by atoms with Crippen molar-refractivity contribution in [1.29, 1.82) is 0 Å². The van der Waals surface area contributed by atoms with E-state index in [2.05, 4.69) is 122 Å². The second kappa shape index (κ2) is 14.5. The van der Waals surface area contributed by atoms with Gasteiger partial charge in [0.2, 0.25) is 0 Å². The van der Waals surface area contributed by atoms with E-state index in [0.717, 1.165) is 64.6 Å². The highest BCUT2D eigenvalue weighted by Crippen LogP contribution is 2.38. The van der Waals surface area contributed by atoms with Gasteiger partial charge in [-0.3, -0.25) is 9.80 Å². The summed E-state index contributed by atoms with van der Waals surface area (Å²) in [5.74, 6) is 1.01. The Kier molecular flexibility index (Phi) is 10.8. The largest absolute Gasteiger partial charge is 0.534 e. The minimum atomic E-state index is -2.69. The first-order chi connectivity index (χ1) is 20.8. The van der Waals surface area contributed by atoms with Gasteiger partial charge in [0.05, 0.1) is 19.3 Å². The average molecular weight is 602 g/mol. The molecule has 2 heterocycles. The van der Waals surface area contributed by atoms with Crippen LogP contribution in [0.4, 0.5) is 0 Å². The highest BCUT2D eigenvalue weighted by atomic mass is 28.4. The van der Waals surface area contributed by atoms with E-state index in [1.165, 1.54) is 21.5 Å². The smallest absolute Gasteiger partial charge is 0.319 e. The number of piperazine rings is 1. The molecule has 0 amide bonds. The molecule has 2 fully saturated rings. The van der Waals surface area contributed by atoms with Crippen molar-refractivity contribution in [2.45, 2.75) is 51.3 Å². The van der Waals surface area contributed by atoms with Gasteiger partial charge in [-0.05, 0) is 45.9 Å². The molecule has 2 aliphatic heterocycles. The second-order valence-corrected chi connectivity index (χ2v) is 17.5. The van der Waals surface area contributed by atoms with Crippen molar-refractivity contribution in [3.05, 3.63) is 90.0 Å². The lowest BCUT2D eigenvalue weighted by atomic mass is 10.0. The molecule has 5 rings (SSSR count). The lowest BCUT2D eigenvalue weighted by molar-refractivity contribution is -0.0624. The summed E-state index contributed by atoms with van der Waals surface area (Å²) in [5, 5.41) is 6.32. The maximum atomic E-state index is 7.44. The Hall–Kier alpha value is -2.52. The van der Waals surface area contributed by atoms with Crippen LogP contribution in [0.5, 0.6) is 5.75 Å². The Labute approximate surface area is 260 Å². The van der Waals surface area contributed by atoms with Gasteiger partial charge < -0.3 is 19.2 Å². The number of nitrogens with one attached hydrogen (secondary N) is 1. The van der Waals surface area contributed by atoms with Crippen LogP contribution in [-0.2, 0) is 15.9 Å². The normalized spacial score (nSPS) is 20.7. The molecule has 2 saturated heterocycles. The zero-order chi connectivity index (χ0) is 30.3. The number of morpholine rings is 1. The van der Waals surface area contributed by atoms with Crippen molar-refractivity contribution < 1.29 is 13.9 Å². The van der Waals surface area contributed by atoms with Crippen molar-refractivity contribution in [2.75, 3.05) is 66.1 Å². The van der Waals surface area contributed by atoms with Gasteiger partial charge in [-0.15, -0.1) is 0 Å². The molecular formula is C36H51N3O3Si. The van der Waals surface area contributed by atoms with E-state index in [4.69, 9.17) is 13.9 Å². The summed E-state index contributed by atoms with van der Waals surface area (Å²) in [6, 6.07) is 29.1. The Bertz CT molecular complexity index is 1240. The minimum Gasteiger partial charge on any atom is -0.534 e. The third-order valence-corrected chi connectivity index (χ3v) is 14.0. The molecule has 0 bridgehead atoms. The number of methoxy groups -OCH3 is 1. The zero-order valence-corrected chi connectivity index (χ0v) is 27.9. The molecule has 3 aromatic carbocycles. The lowest BCUT2D eigenvalue weighted by Gasteiger charge is -2.43. The molecule has 0 saturated carbocycles. The molecular weight excluding hydrogens is 551 g/mol. The van der Waals surface area contributed by atoms with E-state index in [0.29, 0.717) is 12.6 Å². The fourth-order valence-corrected chi connectivity index (χ4v) is 11.2. The highest BCUT2D eigenvalue weighted by Gasteiger charge is 2.52. The van der Waals surface area contributed by atoms with Gasteiger partial charge in [0.1, 0.15) is 5.75 Å². The lowest BCUT2D eigenvalue weighted by Crippen LogP contribution is -2.68. The van der Waals surface area contributed by atoms with Crippen LogP contribution in [0.3, 0.4) is 0 Å². The first kappa shape index (κ1) is 31.9. The molecule has 0 aliphatic carbocycles. The van der Waals surface area contributed by atoms with E-state index in [9.17, 15) is 0 Å². The monoisotopic (exact) mass is 601 g/mol. The summed E-state index contributed by atoms with van der Waals surface area (Å²) in [4.78, 5) is 5.15. The number of aryl methyl sites for hydroxylation is 1. The van der Waals surface area contributed by atoms with Gasteiger partial charge in [-0.25, -0.2) is 0 Å². The molecule has 7 heteroatoms. The zero-order valence-electron chi connectivity index (χ0n) is 26.9. The topological polar surface area (TPSA) is 46.2 Å². The summed E-state index contributed by atoms with van der Waals surface area (Å²) in [6.07, 6.45) is 1.18. The number of hydrogen-bond acceptors (Lipinski definition) is 6. The standard InChI is InChI=1S/C36H51N3O3Si/c1-29-16-17-30(24-31-26-38(19-18-37-31)20-21-39-22-23-41-32(27-39)28-40-5)25-35(29)42-43(36(2,3)4,33-12-8-6-9-13-33)34-14-10-7-11-15-34/h6-17,25,31-32,37H,18-24,26-28H2,1-5H3/t31-,32+/m1/s1. The number of benzene rings is 3. The molecule has 6 nitrogen and oxygen atoms in total. The van der Waals surface area contributed by atoms with E-state index in [1.54, 1.807) is 7.11 Å². The van der Waals surface area contributed by atoms with Crippen LogP contribution in [0.25, 0.3) is 0 Å². The SMILES string of the molecule is COC[C@@H]1CN(CCN2CCN[C@H](Cc3ccc(C)c(O[Si](c4ccccc4)(c4ccccc4)C(C)(C)C)c3)C2)CCO1. The summed E-state index contributed by atoms with van der Waals surface area (Å²) >= 11 is 0. The third-order valence-electron chi connectivity index (χ3n) is 9.06. The number of ether oxygens (including phenoxy) is 2. The number of hydrogen-bond donors (Lipinski definition) is 1. The van der Waals surface area contributed by atoms with E-state index >= 15 is 0 Å². The number of rotatable bonds is 11. The molecule has 0 aromatic heterocycles. The van der Waals surface area contributed by atoms with Gasteiger partial charge in [0.25, 0.3) is 0 Å². The van der Waals surface area contributed by atoms with E-state index < -0.39 is 8.32 Å². The Morgan fingerprint density at radius 2 is 1.53 bits per heavy atom. The summed E-state index contributed by atoms with van der Waals surface area (Å²) < 4.78 is 18.6. The van der Waals surface area contributed by atoms with Crippen LogP contribution < -0.4 is 20.1 Å². The van der Waals surface area contributed by atoms with Gasteiger partial charge in [0.15, 0.2) is 0 Å². The van der Waals surface area contributed by atoms with Gasteiger partial charge >= 0.3 is 8.32 Å². The first-order valence-corrected chi connectivity index (χ1v) is 17.9. The first-order valence-electron chi connectivity index (χ1n) is 16.0. The second-order valence-electron chi connectivity index (χ2n) is 13.3. The average Bonchev–Trinajstić information content (AvgIpc) is 3.01. The molecule has 43 heavy (non-hydrogen) atoms. The molecule has 0 unspecified atom stereocenters. The van der Waals surface area contributed by atoms with Crippen molar-refractivity contribution in [3.63, 3.8) is 0 Å². The van der Waals surface area contributed by atoms with Crippen LogP contribution in [-0.4, -0.2) is 96.4 Å². The van der Waals surface area contributed by atoms with Crippen LogP contribution in [0.1, 0.15) is 31.9 Å². The van der Waals surface area contributed by atoms with Crippen molar-refractivity contribution in [1.82, 2.24) is 15.1 Å². The van der Waals surface area contributed by atoms with Crippen LogP contribution in [0.2, 0.25) is 5.04 Å². The molecule has 1 N–H and O–H groups in total. The molecule has 0 radical (unpaired) electrons. The quantitative estimate of drug-likeness (QED) is 0.334. The van der Waals surface area contributed by atoms with Gasteiger partial charge in [-0.2, -0.15) is 0 Å². The molecule has 2 atom stereocenters.